The van der Waals surface area contributed by atoms with Gasteiger partial charge in [-0.2, -0.15) is 0 Å². The lowest BCUT2D eigenvalue weighted by molar-refractivity contribution is 0.196. The molecule has 0 bridgehead atoms. The molecule has 1 N–H and O–H groups in total. The summed E-state index contributed by atoms with van der Waals surface area (Å²) in [5.74, 6) is 0.782. The summed E-state index contributed by atoms with van der Waals surface area (Å²) in [5.41, 5.74) is 0.576. The Balaban J connectivity index is 2.26. The van der Waals surface area contributed by atoms with Gasteiger partial charge >= 0.3 is 0 Å². The summed E-state index contributed by atoms with van der Waals surface area (Å²) in [7, 11) is 0. The molecule has 78 valence electrons. The fourth-order valence-electron chi connectivity index (χ4n) is 2.27. The van der Waals surface area contributed by atoms with E-state index in [4.69, 9.17) is 0 Å². The minimum Gasteiger partial charge on any atom is -0.314 e. The third-order valence-corrected chi connectivity index (χ3v) is 3.02. The molecule has 0 saturated heterocycles. The number of hydrogen-bond donors (Lipinski definition) is 1. The van der Waals surface area contributed by atoms with Crippen LogP contribution in [0.1, 0.15) is 53.4 Å². The lowest BCUT2D eigenvalue weighted by Crippen LogP contribution is -2.38. The first-order chi connectivity index (χ1) is 5.99. The minimum absolute atomic E-state index is 0.576. The molecular formula is C12H25N. The molecule has 0 spiro atoms. The van der Waals surface area contributed by atoms with Crippen molar-refractivity contribution in [2.75, 3.05) is 6.54 Å². The Labute approximate surface area is 83.3 Å². The Hall–Kier alpha value is -0.0400. The highest BCUT2D eigenvalue weighted by Gasteiger charge is 2.27. The molecule has 1 unspecified atom stereocenters. The lowest BCUT2D eigenvalue weighted by Gasteiger charge is -2.36. The Bertz CT molecular complexity index is 149. The van der Waals surface area contributed by atoms with Crippen LogP contribution < -0.4 is 5.32 Å². The maximum atomic E-state index is 3.68. The quantitative estimate of drug-likeness (QED) is 0.708. The molecule has 1 aliphatic rings. The van der Waals surface area contributed by atoms with E-state index in [9.17, 15) is 0 Å². The molecule has 0 heterocycles. The molecule has 0 aromatic carbocycles. The van der Waals surface area contributed by atoms with Gasteiger partial charge in [0.15, 0.2) is 0 Å². The van der Waals surface area contributed by atoms with Crippen molar-refractivity contribution >= 4 is 0 Å². The van der Waals surface area contributed by atoms with E-state index in [0.29, 0.717) is 5.41 Å². The topological polar surface area (TPSA) is 12.0 Å². The lowest BCUT2D eigenvalue weighted by atomic mass is 9.75. The minimum atomic E-state index is 0.576. The van der Waals surface area contributed by atoms with E-state index in [-0.39, 0.29) is 0 Å². The summed E-state index contributed by atoms with van der Waals surface area (Å²) in [6, 6.07) is 0.783. The van der Waals surface area contributed by atoms with E-state index in [1.807, 2.05) is 0 Å². The van der Waals surface area contributed by atoms with Crippen molar-refractivity contribution in [2.24, 2.45) is 11.3 Å². The van der Waals surface area contributed by atoms with Crippen LogP contribution in [0.15, 0.2) is 0 Å². The molecule has 0 aliphatic heterocycles. The van der Waals surface area contributed by atoms with Gasteiger partial charge in [0, 0.05) is 6.04 Å². The van der Waals surface area contributed by atoms with Crippen molar-refractivity contribution in [3.63, 3.8) is 0 Å². The molecule has 0 amide bonds. The van der Waals surface area contributed by atoms with Gasteiger partial charge in [-0.3, -0.25) is 0 Å². The first-order valence-electron chi connectivity index (χ1n) is 5.73. The van der Waals surface area contributed by atoms with Crippen molar-refractivity contribution in [2.45, 2.75) is 59.4 Å². The molecule has 0 aromatic rings. The van der Waals surface area contributed by atoms with Crippen LogP contribution in [-0.2, 0) is 0 Å². The van der Waals surface area contributed by atoms with Crippen molar-refractivity contribution in [3.05, 3.63) is 0 Å². The summed E-state index contributed by atoms with van der Waals surface area (Å²) in [4.78, 5) is 0. The van der Waals surface area contributed by atoms with Gasteiger partial charge in [0.1, 0.15) is 0 Å². The van der Waals surface area contributed by atoms with Gasteiger partial charge in [0.2, 0.25) is 0 Å². The largest absolute Gasteiger partial charge is 0.314 e. The first-order valence-corrected chi connectivity index (χ1v) is 5.73. The van der Waals surface area contributed by atoms with Crippen LogP contribution in [0.4, 0.5) is 0 Å². The average molecular weight is 183 g/mol. The first kappa shape index (κ1) is 11.0. The molecule has 0 aromatic heterocycles. The maximum Gasteiger partial charge on any atom is 0.00722 e. The summed E-state index contributed by atoms with van der Waals surface area (Å²) in [6.07, 6.45) is 5.56. The predicted molar refractivity (Wildman–Crippen MR) is 58.9 cm³/mol. The van der Waals surface area contributed by atoms with Crippen LogP contribution in [0.5, 0.6) is 0 Å². The Morgan fingerprint density at radius 3 is 2.62 bits per heavy atom. The van der Waals surface area contributed by atoms with Crippen LogP contribution in [-0.4, -0.2) is 12.6 Å². The molecular weight excluding hydrogens is 158 g/mol. The summed E-state index contributed by atoms with van der Waals surface area (Å²) in [5, 5.41) is 3.68. The highest BCUT2D eigenvalue weighted by molar-refractivity contribution is 4.83. The SMILES string of the molecule is CC(C)CNC1CCCC(C)(C)C1. The van der Waals surface area contributed by atoms with Crippen molar-refractivity contribution in [1.29, 1.82) is 0 Å². The van der Waals surface area contributed by atoms with E-state index in [1.165, 1.54) is 32.2 Å². The zero-order valence-corrected chi connectivity index (χ0v) is 9.69. The fraction of sp³-hybridized carbons (Fsp3) is 1.00. The normalized spacial score (nSPS) is 27.9. The Morgan fingerprint density at radius 1 is 1.38 bits per heavy atom. The Kier molecular flexibility index (Phi) is 3.78. The van der Waals surface area contributed by atoms with E-state index < -0.39 is 0 Å². The van der Waals surface area contributed by atoms with E-state index in [0.717, 1.165) is 12.0 Å². The zero-order chi connectivity index (χ0) is 9.90. The van der Waals surface area contributed by atoms with Gasteiger partial charge in [-0.25, -0.2) is 0 Å². The monoisotopic (exact) mass is 183 g/mol. The van der Waals surface area contributed by atoms with Crippen LogP contribution in [0, 0.1) is 11.3 Å². The van der Waals surface area contributed by atoms with Crippen LogP contribution in [0.3, 0.4) is 0 Å². The zero-order valence-electron chi connectivity index (χ0n) is 9.69. The standard InChI is InChI=1S/C12H25N/c1-10(2)9-13-11-6-5-7-12(3,4)8-11/h10-11,13H,5-9H2,1-4H3. The number of nitrogens with one attached hydrogen (secondary N) is 1. The third kappa shape index (κ3) is 4.12. The summed E-state index contributed by atoms with van der Waals surface area (Å²) < 4.78 is 0. The van der Waals surface area contributed by atoms with Crippen molar-refractivity contribution in [1.82, 2.24) is 5.32 Å². The van der Waals surface area contributed by atoms with Gasteiger partial charge in [0.05, 0.1) is 0 Å². The second-order valence-corrected chi connectivity index (χ2v) is 5.76. The summed E-state index contributed by atoms with van der Waals surface area (Å²) in [6.45, 7) is 10.5. The molecule has 1 fully saturated rings. The van der Waals surface area contributed by atoms with Crippen LogP contribution >= 0.6 is 0 Å². The highest BCUT2D eigenvalue weighted by atomic mass is 14.9. The van der Waals surface area contributed by atoms with Crippen LogP contribution in [0.2, 0.25) is 0 Å². The van der Waals surface area contributed by atoms with Gasteiger partial charge in [-0.05, 0) is 37.1 Å². The van der Waals surface area contributed by atoms with E-state index in [1.54, 1.807) is 0 Å². The van der Waals surface area contributed by atoms with Gasteiger partial charge in [0.25, 0.3) is 0 Å². The van der Waals surface area contributed by atoms with Gasteiger partial charge in [-0.15, -0.1) is 0 Å². The fourth-order valence-corrected chi connectivity index (χ4v) is 2.27. The highest BCUT2D eigenvalue weighted by Crippen LogP contribution is 2.34. The predicted octanol–water partition coefficient (Wildman–Crippen LogP) is 3.20. The smallest absolute Gasteiger partial charge is 0.00722 e. The second-order valence-electron chi connectivity index (χ2n) is 5.76. The van der Waals surface area contributed by atoms with Crippen molar-refractivity contribution < 1.29 is 0 Å². The second kappa shape index (κ2) is 4.45. The molecule has 1 aliphatic carbocycles. The molecule has 13 heavy (non-hydrogen) atoms. The molecule has 1 saturated carbocycles. The van der Waals surface area contributed by atoms with Gasteiger partial charge in [-0.1, -0.05) is 34.1 Å². The molecule has 1 atom stereocenters. The average Bonchev–Trinajstić information content (AvgIpc) is 1.99. The van der Waals surface area contributed by atoms with E-state index in [2.05, 4.69) is 33.0 Å². The van der Waals surface area contributed by atoms with Crippen LogP contribution in [0.25, 0.3) is 0 Å². The van der Waals surface area contributed by atoms with Gasteiger partial charge < -0.3 is 5.32 Å². The number of rotatable bonds is 3. The molecule has 1 nitrogen and oxygen atoms in total. The molecule has 0 radical (unpaired) electrons. The van der Waals surface area contributed by atoms with E-state index >= 15 is 0 Å². The maximum absolute atomic E-state index is 3.68. The Morgan fingerprint density at radius 2 is 2.08 bits per heavy atom. The third-order valence-electron chi connectivity index (χ3n) is 3.02. The molecule has 1 heteroatoms. The number of hydrogen-bond acceptors (Lipinski definition) is 1. The summed E-state index contributed by atoms with van der Waals surface area (Å²) >= 11 is 0. The van der Waals surface area contributed by atoms with Crippen molar-refractivity contribution in [3.8, 4) is 0 Å². The molecule has 1 rings (SSSR count).